The minimum atomic E-state index is -1.09. The van der Waals surface area contributed by atoms with E-state index in [1.165, 1.54) is 17.0 Å². The molecular weight excluding hydrogens is 224 g/mol. The van der Waals surface area contributed by atoms with Gasteiger partial charge in [-0.15, -0.1) is 0 Å². The fourth-order valence-electron chi connectivity index (χ4n) is 1.32. The molecule has 1 unspecified atom stereocenters. The summed E-state index contributed by atoms with van der Waals surface area (Å²) < 4.78 is 0. The molecule has 1 aromatic rings. The first-order valence-electron chi connectivity index (χ1n) is 5.04. The van der Waals surface area contributed by atoms with E-state index in [4.69, 9.17) is 10.2 Å². The molecule has 6 heteroatoms. The van der Waals surface area contributed by atoms with Crippen LogP contribution in [0.2, 0.25) is 0 Å². The number of aromatic carboxylic acids is 1. The molecule has 0 bridgehead atoms. The molecule has 2 N–H and O–H groups in total. The Kier molecular flexibility index (Phi) is 4.17. The van der Waals surface area contributed by atoms with Gasteiger partial charge in [0.15, 0.2) is 0 Å². The van der Waals surface area contributed by atoms with Crippen LogP contribution in [0.25, 0.3) is 0 Å². The second-order valence-electron chi connectivity index (χ2n) is 3.77. The van der Waals surface area contributed by atoms with E-state index < -0.39 is 12.1 Å². The van der Waals surface area contributed by atoms with Crippen LogP contribution in [0.1, 0.15) is 27.8 Å². The number of hydrogen-bond donors (Lipinski definition) is 2. The van der Waals surface area contributed by atoms with Gasteiger partial charge in [0, 0.05) is 19.8 Å². The first-order chi connectivity index (χ1) is 7.91. The summed E-state index contributed by atoms with van der Waals surface area (Å²) in [7, 11) is 1.54. The molecule has 0 aliphatic carbocycles. The van der Waals surface area contributed by atoms with Crippen LogP contribution in [0.4, 0.5) is 0 Å². The van der Waals surface area contributed by atoms with Gasteiger partial charge in [0.2, 0.25) is 0 Å². The van der Waals surface area contributed by atoms with Gasteiger partial charge in [-0.25, -0.2) is 4.79 Å². The molecule has 1 heterocycles. The van der Waals surface area contributed by atoms with E-state index in [0.717, 1.165) is 6.20 Å². The van der Waals surface area contributed by atoms with Gasteiger partial charge < -0.3 is 15.1 Å². The molecule has 17 heavy (non-hydrogen) atoms. The molecule has 0 fully saturated rings. The van der Waals surface area contributed by atoms with Crippen LogP contribution in [0.15, 0.2) is 18.3 Å². The minimum absolute atomic E-state index is 0.0275. The molecule has 1 rings (SSSR count). The smallest absolute Gasteiger partial charge is 0.337 e. The third-order valence-electron chi connectivity index (χ3n) is 2.11. The zero-order chi connectivity index (χ0) is 13.0. The van der Waals surface area contributed by atoms with Crippen LogP contribution in [0, 0.1) is 0 Å². The van der Waals surface area contributed by atoms with Crippen molar-refractivity contribution in [2.24, 2.45) is 0 Å². The molecule has 92 valence electrons. The molecule has 0 aromatic carbocycles. The van der Waals surface area contributed by atoms with Crippen molar-refractivity contribution < 1.29 is 19.8 Å². The van der Waals surface area contributed by atoms with E-state index in [1.54, 1.807) is 14.0 Å². The van der Waals surface area contributed by atoms with Crippen LogP contribution in [-0.2, 0) is 0 Å². The Morgan fingerprint density at radius 2 is 2.12 bits per heavy atom. The van der Waals surface area contributed by atoms with Crippen molar-refractivity contribution in [2.45, 2.75) is 13.0 Å². The summed E-state index contributed by atoms with van der Waals surface area (Å²) in [6, 6.07) is 2.67. The predicted molar refractivity (Wildman–Crippen MR) is 59.8 cm³/mol. The Morgan fingerprint density at radius 1 is 1.47 bits per heavy atom. The van der Waals surface area contributed by atoms with Gasteiger partial charge in [-0.2, -0.15) is 0 Å². The largest absolute Gasteiger partial charge is 0.478 e. The third kappa shape index (κ3) is 3.53. The molecule has 0 radical (unpaired) electrons. The molecule has 0 aliphatic heterocycles. The monoisotopic (exact) mass is 238 g/mol. The standard InChI is InChI=1S/C11H14N2O4/c1-7(14)6-13(2)10(15)9-4-3-8(5-12-9)11(16)17/h3-5,7,14H,6H2,1-2H3,(H,16,17). The highest BCUT2D eigenvalue weighted by atomic mass is 16.4. The number of aliphatic hydroxyl groups is 1. The highest BCUT2D eigenvalue weighted by molar-refractivity contribution is 5.93. The number of carbonyl (C=O) groups excluding carboxylic acids is 1. The average molecular weight is 238 g/mol. The van der Waals surface area contributed by atoms with Crippen molar-refractivity contribution >= 4 is 11.9 Å². The Labute approximate surface area is 98.5 Å². The summed E-state index contributed by atoms with van der Waals surface area (Å²) in [6.07, 6.45) is 0.508. The van der Waals surface area contributed by atoms with Gasteiger partial charge in [-0.05, 0) is 19.1 Å². The maximum absolute atomic E-state index is 11.8. The lowest BCUT2D eigenvalue weighted by Gasteiger charge is -2.18. The van der Waals surface area contributed by atoms with E-state index in [-0.39, 0.29) is 23.7 Å². The van der Waals surface area contributed by atoms with Crippen LogP contribution < -0.4 is 0 Å². The Balaban J connectivity index is 2.79. The van der Waals surface area contributed by atoms with Gasteiger partial charge in [0.05, 0.1) is 11.7 Å². The second kappa shape index (κ2) is 5.40. The highest BCUT2D eigenvalue weighted by Crippen LogP contribution is 2.04. The Hall–Kier alpha value is -1.95. The number of rotatable bonds is 4. The van der Waals surface area contributed by atoms with E-state index in [2.05, 4.69) is 4.98 Å². The summed E-state index contributed by atoms with van der Waals surface area (Å²) in [6.45, 7) is 1.77. The maximum Gasteiger partial charge on any atom is 0.337 e. The number of likely N-dealkylation sites (N-methyl/N-ethyl adjacent to an activating group) is 1. The van der Waals surface area contributed by atoms with Crippen LogP contribution in [-0.4, -0.2) is 51.7 Å². The zero-order valence-corrected chi connectivity index (χ0v) is 9.62. The van der Waals surface area contributed by atoms with Crippen LogP contribution >= 0.6 is 0 Å². The molecule has 1 amide bonds. The van der Waals surface area contributed by atoms with Crippen molar-refractivity contribution in [3.63, 3.8) is 0 Å². The number of aliphatic hydroxyl groups excluding tert-OH is 1. The summed E-state index contributed by atoms with van der Waals surface area (Å²) in [5.74, 6) is -1.45. The zero-order valence-electron chi connectivity index (χ0n) is 9.62. The molecule has 0 spiro atoms. The number of amides is 1. The normalized spacial score (nSPS) is 11.9. The van der Waals surface area contributed by atoms with Crippen molar-refractivity contribution in [1.29, 1.82) is 0 Å². The first kappa shape index (κ1) is 13.1. The van der Waals surface area contributed by atoms with Crippen LogP contribution in [0.3, 0.4) is 0 Å². The molecule has 0 saturated heterocycles. The summed E-state index contributed by atoms with van der Waals surface area (Å²) in [4.78, 5) is 27.5. The van der Waals surface area contributed by atoms with Gasteiger partial charge in [-0.3, -0.25) is 9.78 Å². The van der Waals surface area contributed by atoms with Crippen molar-refractivity contribution in [1.82, 2.24) is 9.88 Å². The Bertz CT molecular complexity index is 414. The molecule has 0 saturated carbocycles. The topological polar surface area (TPSA) is 90.7 Å². The summed E-state index contributed by atoms with van der Waals surface area (Å²) in [5, 5.41) is 17.8. The van der Waals surface area contributed by atoms with E-state index in [9.17, 15) is 9.59 Å². The highest BCUT2D eigenvalue weighted by Gasteiger charge is 2.15. The van der Waals surface area contributed by atoms with E-state index >= 15 is 0 Å². The quantitative estimate of drug-likeness (QED) is 0.783. The lowest BCUT2D eigenvalue weighted by atomic mass is 10.2. The van der Waals surface area contributed by atoms with Gasteiger partial charge in [0.1, 0.15) is 5.69 Å². The van der Waals surface area contributed by atoms with Crippen LogP contribution in [0.5, 0.6) is 0 Å². The minimum Gasteiger partial charge on any atom is -0.478 e. The SMILES string of the molecule is CC(O)CN(C)C(=O)c1ccc(C(=O)O)cn1. The first-order valence-corrected chi connectivity index (χ1v) is 5.04. The maximum atomic E-state index is 11.8. The predicted octanol–water partition coefficient (Wildman–Crippen LogP) is 0.233. The lowest BCUT2D eigenvalue weighted by Crippen LogP contribution is -2.33. The van der Waals surface area contributed by atoms with E-state index in [0.29, 0.717) is 0 Å². The van der Waals surface area contributed by atoms with Crippen molar-refractivity contribution in [3.05, 3.63) is 29.6 Å². The summed E-state index contributed by atoms with van der Waals surface area (Å²) >= 11 is 0. The molecular formula is C11H14N2O4. The second-order valence-corrected chi connectivity index (χ2v) is 3.77. The third-order valence-corrected chi connectivity index (χ3v) is 2.11. The fraction of sp³-hybridized carbons (Fsp3) is 0.364. The van der Waals surface area contributed by atoms with Gasteiger partial charge >= 0.3 is 5.97 Å². The number of carbonyl (C=O) groups is 2. The molecule has 1 aromatic heterocycles. The molecule has 1 atom stereocenters. The Morgan fingerprint density at radius 3 is 2.53 bits per heavy atom. The van der Waals surface area contributed by atoms with Gasteiger partial charge in [-0.1, -0.05) is 0 Å². The lowest BCUT2D eigenvalue weighted by molar-refractivity contribution is 0.0684. The van der Waals surface area contributed by atoms with Crippen molar-refractivity contribution in [2.75, 3.05) is 13.6 Å². The fourth-order valence-corrected chi connectivity index (χ4v) is 1.32. The summed E-state index contributed by atoms with van der Waals surface area (Å²) in [5.41, 5.74) is 0.179. The number of carboxylic acids is 1. The molecule has 0 aliphatic rings. The number of nitrogens with zero attached hydrogens (tertiary/aromatic N) is 2. The van der Waals surface area contributed by atoms with E-state index in [1.807, 2.05) is 0 Å². The van der Waals surface area contributed by atoms with Gasteiger partial charge in [0.25, 0.3) is 5.91 Å². The van der Waals surface area contributed by atoms with Crippen molar-refractivity contribution in [3.8, 4) is 0 Å². The number of carboxylic acid groups (broad SMARTS) is 1. The number of hydrogen-bond acceptors (Lipinski definition) is 4. The number of pyridine rings is 1. The average Bonchev–Trinajstić information content (AvgIpc) is 2.27. The number of aromatic nitrogens is 1. The molecule has 6 nitrogen and oxygen atoms in total.